The first-order valence-electron chi connectivity index (χ1n) is 9.01. The molecule has 3 aromatic carbocycles. The van der Waals surface area contributed by atoms with Crippen molar-refractivity contribution in [2.45, 2.75) is 0 Å². The molecular formula is C24H15N5O. The molecule has 6 heteroatoms. The van der Waals surface area contributed by atoms with Gasteiger partial charge in [0.05, 0.1) is 11.1 Å². The Bertz CT molecular complexity index is 1340. The predicted octanol–water partition coefficient (Wildman–Crippen LogP) is 4.14. The zero-order chi connectivity index (χ0) is 21.1. The number of fused-ring (bicyclic) bond motifs is 1. The molecule has 1 heterocycles. The normalized spacial score (nSPS) is 10.1. The third-order valence-electron chi connectivity index (χ3n) is 4.57. The van der Waals surface area contributed by atoms with Crippen molar-refractivity contribution >= 4 is 28.4 Å². The fourth-order valence-corrected chi connectivity index (χ4v) is 3.21. The smallest absolute Gasteiger partial charge is 0.247 e. The van der Waals surface area contributed by atoms with Gasteiger partial charge < -0.3 is 11.1 Å². The highest BCUT2D eigenvalue weighted by Gasteiger charge is 2.13. The number of nitrogens with two attached hydrogens (primary N) is 1. The number of aromatic nitrogens is 2. The van der Waals surface area contributed by atoms with E-state index in [1.165, 1.54) is 6.08 Å². The summed E-state index contributed by atoms with van der Waals surface area (Å²) in [4.78, 5) is 20.2. The molecule has 0 aliphatic carbocycles. The Balaban J connectivity index is 1.96. The number of nitriles is 1. The van der Waals surface area contributed by atoms with Crippen LogP contribution in [0.25, 0.3) is 33.2 Å². The number of nitrogens with zero attached hydrogens (tertiary/aromatic N) is 3. The number of nitrogens with one attached hydrogen (secondary N) is 1. The number of amides is 1. The third kappa shape index (κ3) is 3.54. The Morgan fingerprint density at radius 2 is 2.00 bits per heavy atom. The van der Waals surface area contributed by atoms with Gasteiger partial charge in [-0.25, -0.2) is 9.97 Å². The average Bonchev–Trinajstić information content (AvgIpc) is 2.78. The second-order valence-electron chi connectivity index (χ2n) is 6.48. The van der Waals surface area contributed by atoms with E-state index in [0.29, 0.717) is 16.8 Å². The van der Waals surface area contributed by atoms with Gasteiger partial charge in [0.2, 0.25) is 11.9 Å². The Morgan fingerprint density at radius 3 is 2.80 bits per heavy atom. The van der Waals surface area contributed by atoms with Crippen LogP contribution in [-0.4, -0.2) is 15.9 Å². The summed E-state index contributed by atoms with van der Waals surface area (Å²) in [6, 6.07) is 22.4. The summed E-state index contributed by atoms with van der Waals surface area (Å²) in [5.41, 5.74) is 10.8. The van der Waals surface area contributed by atoms with Crippen LogP contribution >= 0.6 is 0 Å². The van der Waals surface area contributed by atoms with Crippen LogP contribution in [-0.2, 0) is 4.79 Å². The quantitative estimate of drug-likeness (QED) is 0.510. The molecule has 0 unspecified atom stereocenters. The molecule has 0 bridgehead atoms. The molecule has 30 heavy (non-hydrogen) atoms. The summed E-state index contributed by atoms with van der Waals surface area (Å²) in [6.45, 7) is 3.47. The Morgan fingerprint density at radius 1 is 1.17 bits per heavy atom. The molecule has 0 saturated heterocycles. The van der Waals surface area contributed by atoms with Gasteiger partial charge in [-0.1, -0.05) is 30.8 Å². The third-order valence-corrected chi connectivity index (χ3v) is 4.57. The lowest BCUT2D eigenvalue weighted by Crippen LogP contribution is -2.07. The summed E-state index contributed by atoms with van der Waals surface area (Å²) in [6.07, 6.45) is 2.86. The molecule has 1 amide bonds. The van der Waals surface area contributed by atoms with Crippen molar-refractivity contribution in [3.8, 4) is 28.3 Å². The van der Waals surface area contributed by atoms with E-state index < -0.39 is 0 Å². The number of carbonyl (C=O) groups excluding carboxylic acids is 1. The van der Waals surface area contributed by atoms with Crippen LogP contribution in [0.3, 0.4) is 0 Å². The van der Waals surface area contributed by atoms with Gasteiger partial charge in [-0.2, -0.15) is 5.26 Å². The molecule has 0 aliphatic heterocycles. The summed E-state index contributed by atoms with van der Waals surface area (Å²) in [7, 11) is 0. The van der Waals surface area contributed by atoms with Gasteiger partial charge in [0.15, 0.2) is 0 Å². The topological polar surface area (TPSA) is 105 Å². The minimum absolute atomic E-state index is 0.160. The van der Waals surface area contributed by atoms with E-state index in [1.54, 1.807) is 24.4 Å². The van der Waals surface area contributed by atoms with Gasteiger partial charge in [0.25, 0.3) is 0 Å². The standard InChI is InChI=1S/C24H15N5O/c1-2-22(30)28-19-8-5-7-15(11-19)21-12-17(20-9-4-3-6-16(20)13-25)10-18-14-27-24(26)29-23(18)21/h2,5-12,14H,1H2,(H,28,30)(H2,26,27,29). The molecule has 0 radical (unpaired) electrons. The van der Waals surface area contributed by atoms with Crippen molar-refractivity contribution in [1.82, 2.24) is 9.97 Å². The minimum atomic E-state index is -0.299. The van der Waals surface area contributed by atoms with Gasteiger partial charge in [-0.05, 0) is 47.5 Å². The molecule has 0 saturated carbocycles. The van der Waals surface area contributed by atoms with Crippen LogP contribution in [0.4, 0.5) is 11.6 Å². The number of hydrogen-bond donors (Lipinski definition) is 2. The fourth-order valence-electron chi connectivity index (χ4n) is 3.21. The molecule has 142 valence electrons. The molecule has 1 aromatic heterocycles. The van der Waals surface area contributed by atoms with Gasteiger partial charge in [-0.3, -0.25) is 4.79 Å². The number of hydrogen-bond acceptors (Lipinski definition) is 5. The van der Waals surface area contributed by atoms with Crippen LogP contribution in [0.15, 0.2) is 67.4 Å². The van der Waals surface area contributed by atoms with Crippen molar-refractivity contribution in [1.29, 1.82) is 5.26 Å². The zero-order valence-electron chi connectivity index (χ0n) is 15.8. The van der Waals surface area contributed by atoms with E-state index in [2.05, 4.69) is 40.1 Å². The second-order valence-corrected chi connectivity index (χ2v) is 6.48. The monoisotopic (exact) mass is 389 g/mol. The van der Waals surface area contributed by atoms with Gasteiger partial charge in [0, 0.05) is 34.5 Å². The van der Waals surface area contributed by atoms with E-state index in [-0.39, 0.29) is 11.9 Å². The van der Waals surface area contributed by atoms with Crippen molar-refractivity contribution in [2.75, 3.05) is 11.1 Å². The lowest BCUT2D eigenvalue weighted by Gasteiger charge is -2.12. The zero-order valence-corrected chi connectivity index (χ0v) is 15.8. The number of rotatable bonds is 4. The van der Waals surface area contributed by atoms with E-state index in [9.17, 15) is 10.1 Å². The predicted molar refractivity (Wildman–Crippen MR) is 116 cm³/mol. The van der Waals surface area contributed by atoms with Crippen LogP contribution in [0.5, 0.6) is 0 Å². The molecule has 0 spiro atoms. The number of nitrogen functional groups attached to an aromatic ring is 1. The lowest BCUT2D eigenvalue weighted by molar-refractivity contribution is -0.111. The van der Waals surface area contributed by atoms with Crippen molar-refractivity contribution in [3.63, 3.8) is 0 Å². The highest BCUT2D eigenvalue weighted by molar-refractivity contribution is 6.01. The average molecular weight is 389 g/mol. The molecule has 3 N–H and O–H groups in total. The number of carbonyl (C=O) groups is 1. The first kappa shape index (κ1) is 18.7. The van der Waals surface area contributed by atoms with E-state index in [0.717, 1.165) is 27.6 Å². The molecule has 4 aromatic rings. The van der Waals surface area contributed by atoms with Gasteiger partial charge in [-0.15, -0.1) is 0 Å². The Kier molecular flexibility index (Phi) is 4.82. The first-order valence-corrected chi connectivity index (χ1v) is 9.01. The van der Waals surface area contributed by atoms with Crippen molar-refractivity contribution in [3.05, 3.63) is 85.1 Å². The summed E-state index contributed by atoms with van der Waals surface area (Å²) < 4.78 is 0. The summed E-state index contributed by atoms with van der Waals surface area (Å²) >= 11 is 0. The molecule has 6 nitrogen and oxygen atoms in total. The highest BCUT2D eigenvalue weighted by Crippen LogP contribution is 2.35. The fraction of sp³-hybridized carbons (Fsp3) is 0. The molecule has 0 atom stereocenters. The molecular weight excluding hydrogens is 374 g/mol. The molecule has 0 aliphatic rings. The minimum Gasteiger partial charge on any atom is -0.368 e. The van der Waals surface area contributed by atoms with Crippen molar-refractivity contribution in [2.24, 2.45) is 0 Å². The number of anilines is 2. The Labute approximate surface area is 173 Å². The molecule has 0 fully saturated rings. The highest BCUT2D eigenvalue weighted by atomic mass is 16.1. The largest absolute Gasteiger partial charge is 0.368 e. The maximum Gasteiger partial charge on any atom is 0.247 e. The lowest BCUT2D eigenvalue weighted by atomic mass is 9.94. The van der Waals surface area contributed by atoms with Gasteiger partial charge in [0.1, 0.15) is 6.07 Å². The second kappa shape index (κ2) is 7.75. The van der Waals surface area contributed by atoms with Crippen LogP contribution in [0, 0.1) is 23.5 Å². The van der Waals surface area contributed by atoms with Crippen LogP contribution < -0.4 is 11.1 Å². The van der Waals surface area contributed by atoms with Crippen LogP contribution in [0.2, 0.25) is 0 Å². The SMILES string of the molecule is C=CC(=O)Nc1cccc(-c2cc(-c3cc#ccc3C#N)cc3cnc(N)nc23)c1. The maximum absolute atomic E-state index is 11.7. The molecule has 4 rings (SSSR count). The number of benzene rings is 2. The van der Waals surface area contributed by atoms with Crippen molar-refractivity contribution < 1.29 is 4.79 Å². The van der Waals surface area contributed by atoms with E-state index in [1.807, 2.05) is 30.3 Å². The Hall–Kier alpha value is -4.68. The van der Waals surface area contributed by atoms with Crippen LogP contribution in [0.1, 0.15) is 5.56 Å². The summed E-state index contributed by atoms with van der Waals surface area (Å²) in [5.74, 6) is -0.139. The first-order chi connectivity index (χ1) is 14.6. The summed E-state index contributed by atoms with van der Waals surface area (Å²) in [5, 5.41) is 13.0. The van der Waals surface area contributed by atoms with E-state index in [4.69, 9.17) is 5.73 Å². The van der Waals surface area contributed by atoms with Gasteiger partial charge >= 0.3 is 0 Å². The maximum atomic E-state index is 11.7. The van der Waals surface area contributed by atoms with E-state index >= 15 is 0 Å².